The Morgan fingerprint density at radius 3 is 3.38 bits per heavy atom. The van der Waals surface area contributed by atoms with E-state index in [1.54, 1.807) is 6.08 Å². The molecular weight excluding hydrogens is 100 g/mol. The van der Waals surface area contributed by atoms with Gasteiger partial charge in [0, 0.05) is 12.6 Å². The van der Waals surface area contributed by atoms with E-state index >= 15 is 0 Å². The summed E-state index contributed by atoms with van der Waals surface area (Å²) < 4.78 is 0. The highest BCUT2D eigenvalue weighted by atomic mass is 14.7. The van der Waals surface area contributed by atoms with Crippen molar-refractivity contribution in [1.82, 2.24) is 0 Å². The van der Waals surface area contributed by atoms with Crippen LogP contribution in [0.1, 0.15) is 6.42 Å². The highest BCUT2D eigenvalue weighted by Crippen LogP contribution is 1.88. The lowest BCUT2D eigenvalue weighted by atomic mass is 10.3. The Bertz CT molecular complexity index is 145. The minimum absolute atomic E-state index is 0.552. The van der Waals surface area contributed by atoms with Crippen molar-refractivity contribution in [2.24, 2.45) is 4.99 Å². The van der Waals surface area contributed by atoms with Crippen LogP contribution in [0.2, 0.25) is 0 Å². The Labute approximate surface area is 48.4 Å². The predicted octanol–water partition coefficient (Wildman–Crippen LogP) is 1.04. The molecule has 0 fully saturated rings. The van der Waals surface area contributed by atoms with E-state index in [2.05, 4.69) is 4.99 Å². The van der Waals surface area contributed by atoms with Crippen LogP contribution in [0.15, 0.2) is 17.1 Å². The number of rotatable bonds is 0. The third kappa shape index (κ3) is 1.30. The van der Waals surface area contributed by atoms with Crippen LogP contribution >= 0.6 is 0 Å². The molecule has 0 aromatic rings. The van der Waals surface area contributed by atoms with E-state index < -0.39 is 0 Å². The molecule has 0 saturated carbocycles. The molecule has 1 aliphatic rings. The van der Waals surface area contributed by atoms with Crippen LogP contribution in [0.5, 0.6) is 0 Å². The zero-order valence-corrected chi connectivity index (χ0v) is 4.59. The summed E-state index contributed by atoms with van der Waals surface area (Å²) in [5, 5.41) is 7.13. The van der Waals surface area contributed by atoms with E-state index in [0.29, 0.717) is 12.3 Å². The number of hydrogen-bond donors (Lipinski definition) is 1. The van der Waals surface area contributed by atoms with Gasteiger partial charge in [-0.3, -0.25) is 4.99 Å². The van der Waals surface area contributed by atoms with Crippen molar-refractivity contribution in [1.29, 1.82) is 5.41 Å². The Morgan fingerprint density at radius 1 is 1.62 bits per heavy atom. The molecule has 1 heterocycles. The molecule has 0 amide bonds. The maximum atomic E-state index is 7.13. The van der Waals surface area contributed by atoms with E-state index in [1.807, 2.05) is 12.3 Å². The third-order valence-corrected chi connectivity index (χ3v) is 0.951. The van der Waals surface area contributed by atoms with E-state index in [1.165, 1.54) is 0 Å². The summed E-state index contributed by atoms with van der Waals surface area (Å²) in [6.07, 6.45) is 6.45. The van der Waals surface area contributed by atoms with Gasteiger partial charge in [0.25, 0.3) is 0 Å². The Hall–Kier alpha value is -0.920. The largest absolute Gasteiger partial charge is 0.303 e. The van der Waals surface area contributed by atoms with E-state index in [4.69, 9.17) is 5.41 Å². The minimum Gasteiger partial charge on any atom is -0.303 e. The molecule has 1 aliphatic heterocycles. The van der Waals surface area contributed by atoms with Crippen LogP contribution in [0.25, 0.3) is 0 Å². The Balaban J connectivity index is 2.61. The van der Waals surface area contributed by atoms with Gasteiger partial charge < -0.3 is 5.41 Å². The molecule has 42 valence electrons. The van der Waals surface area contributed by atoms with Gasteiger partial charge in [-0.25, -0.2) is 0 Å². The molecule has 2 nitrogen and oxygen atoms in total. The topological polar surface area (TPSA) is 36.2 Å². The first-order valence-electron chi connectivity index (χ1n) is 2.62. The molecule has 0 aliphatic carbocycles. The SMILES string of the molecule is N=C1C=CCC=NC1. The molecular formula is C6H8N2. The van der Waals surface area contributed by atoms with Crippen LogP contribution in [0.4, 0.5) is 0 Å². The van der Waals surface area contributed by atoms with Crippen molar-refractivity contribution in [3.8, 4) is 0 Å². The number of allylic oxidation sites excluding steroid dienone is 1. The van der Waals surface area contributed by atoms with Gasteiger partial charge in [-0.05, 0) is 6.08 Å². The lowest BCUT2D eigenvalue weighted by Gasteiger charge is -1.83. The minimum atomic E-state index is 0.552. The van der Waals surface area contributed by atoms with Gasteiger partial charge in [0.1, 0.15) is 0 Å². The smallest absolute Gasteiger partial charge is 0.0800 e. The van der Waals surface area contributed by atoms with Crippen LogP contribution in [-0.4, -0.2) is 18.5 Å². The van der Waals surface area contributed by atoms with Crippen LogP contribution in [0.3, 0.4) is 0 Å². The summed E-state index contributed by atoms with van der Waals surface area (Å²) in [6.45, 7) is 0.552. The van der Waals surface area contributed by atoms with Gasteiger partial charge in [0.05, 0.1) is 12.3 Å². The molecule has 0 aromatic heterocycles. The van der Waals surface area contributed by atoms with Gasteiger partial charge in [0.15, 0.2) is 0 Å². The zero-order chi connectivity index (χ0) is 5.82. The number of nitrogens with zero attached hydrogens (tertiary/aromatic N) is 1. The first-order valence-corrected chi connectivity index (χ1v) is 2.62. The lowest BCUT2D eigenvalue weighted by molar-refractivity contribution is 1.28. The molecule has 0 atom stereocenters. The molecule has 0 unspecified atom stereocenters. The van der Waals surface area contributed by atoms with Gasteiger partial charge in [-0.15, -0.1) is 0 Å². The van der Waals surface area contributed by atoms with Crippen molar-refractivity contribution in [2.75, 3.05) is 6.54 Å². The lowest BCUT2D eigenvalue weighted by Crippen LogP contribution is -1.93. The van der Waals surface area contributed by atoms with Crippen molar-refractivity contribution in [3.63, 3.8) is 0 Å². The maximum Gasteiger partial charge on any atom is 0.0800 e. The quantitative estimate of drug-likeness (QED) is 0.481. The fraction of sp³-hybridized carbons (Fsp3) is 0.333. The molecule has 1 rings (SSSR count). The van der Waals surface area contributed by atoms with E-state index in [9.17, 15) is 0 Å². The molecule has 1 N–H and O–H groups in total. The molecule has 0 aromatic carbocycles. The van der Waals surface area contributed by atoms with Crippen LogP contribution < -0.4 is 0 Å². The average Bonchev–Trinajstić information content (AvgIpc) is 1.94. The van der Waals surface area contributed by atoms with Crippen molar-refractivity contribution in [2.45, 2.75) is 6.42 Å². The molecule has 0 spiro atoms. The monoisotopic (exact) mass is 108 g/mol. The van der Waals surface area contributed by atoms with Gasteiger partial charge in [0.2, 0.25) is 0 Å². The zero-order valence-electron chi connectivity index (χ0n) is 4.59. The molecule has 0 radical (unpaired) electrons. The van der Waals surface area contributed by atoms with Crippen LogP contribution in [0, 0.1) is 5.41 Å². The number of nitrogens with one attached hydrogen (secondary N) is 1. The van der Waals surface area contributed by atoms with E-state index in [0.717, 1.165) is 6.42 Å². The molecule has 2 heteroatoms. The Kier molecular flexibility index (Phi) is 1.57. The summed E-state index contributed by atoms with van der Waals surface area (Å²) in [5.41, 5.74) is 0.596. The first-order chi connectivity index (χ1) is 3.89. The third-order valence-electron chi connectivity index (χ3n) is 0.951. The van der Waals surface area contributed by atoms with E-state index in [-0.39, 0.29) is 0 Å². The molecule has 0 saturated heterocycles. The Morgan fingerprint density at radius 2 is 2.50 bits per heavy atom. The second-order valence-corrected chi connectivity index (χ2v) is 1.69. The second kappa shape index (κ2) is 2.40. The van der Waals surface area contributed by atoms with Gasteiger partial charge in [-0.2, -0.15) is 0 Å². The number of hydrogen-bond acceptors (Lipinski definition) is 2. The fourth-order valence-electron chi connectivity index (χ4n) is 0.561. The summed E-state index contributed by atoms with van der Waals surface area (Å²) >= 11 is 0. The standard InChI is InChI=1S/C6H8N2/c7-6-3-1-2-4-8-5-6/h1,3-4,7H,2,5H2. The highest BCUT2D eigenvalue weighted by molar-refractivity contribution is 5.95. The maximum absolute atomic E-state index is 7.13. The molecule has 0 bridgehead atoms. The summed E-state index contributed by atoms with van der Waals surface area (Å²) in [6, 6.07) is 0. The summed E-state index contributed by atoms with van der Waals surface area (Å²) in [4.78, 5) is 3.94. The second-order valence-electron chi connectivity index (χ2n) is 1.69. The summed E-state index contributed by atoms with van der Waals surface area (Å²) in [5.74, 6) is 0. The summed E-state index contributed by atoms with van der Waals surface area (Å²) in [7, 11) is 0. The van der Waals surface area contributed by atoms with Gasteiger partial charge in [-0.1, -0.05) is 6.08 Å². The van der Waals surface area contributed by atoms with Crippen molar-refractivity contribution < 1.29 is 0 Å². The normalized spacial score (nSPS) is 18.8. The predicted molar refractivity (Wildman–Crippen MR) is 34.8 cm³/mol. The van der Waals surface area contributed by atoms with Crippen molar-refractivity contribution in [3.05, 3.63) is 12.2 Å². The average molecular weight is 108 g/mol. The molecule has 8 heavy (non-hydrogen) atoms. The van der Waals surface area contributed by atoms with Crippen molar-refractivity contribution >= 4 is 11.9 Å². The number of aliphatic imine (C=N–C) groups is 1. The first kappa shape index (κ1) is 5.22. The fourth-order valence-corrected chi connectivity index (χ4v) is 0.561. The highest BCUT2D eigenvalue weighted by Gasteiger charge is 1.88. The van der Waals surface area contributed by atoms with Crippen LogP contribution in [-0.2, 0) is 0 Å². The van der Waals surface area contributed by atoms with Gasteiger partial charge >= 0.3 is 0 Å².